The van der Waals surface area contributed by atoms with Crippen molar-refractivity contribution in [3.8, 4) is 0 Å². The summed E-state index contributed by atoms with van der Waals surface area (Å²) in [5.74, 6) is -1.08. The molecule has 0 unspecified atom stereocenters. The zero-order valence-electron chi connectivity index (χ0n) is 20.7. The summed E-state index contributed by atoms with van der Waals surface area (Å²) in [6, 6.07) is 13.3. The minimum atomic E-state index is -4.65. The fourth-order valence-electron chi connectivity index (χ4n) is 4.96. The molecular weight excluding hydrogens is 497 g/mol. The minimum Gasteiger partial charge on any atom is -0.347 e. The average molecular weight is 523 g/mol. The van der Waals surface area contributed by atoms with Crippen molar-refractivity contribution in [2.24, 2.45) is 7.05 Å². The molecule has 2 amide bonds. The van der Waals surface area contributed by atoms with Gasteiger partial charge in [-0.05, 0) is 36.6 Å². The Morgan fingerprint density at radius 2 is 1.79 bits per heavy atom. The number of piperidine rings is 1. The van der Waals surface area contributed by atoms with Crippen molar-refractivity contribution >= 4 is 22.8 Å². The number of fused-ring (bicyclic) bond motifs is 1. The summed E-state index contributed by atoms with van der Waals surface area (Å²) in [6.45, 7) is 2.57. The number of halogens is 3. The van der Waals surface area contributed by atoms with Gasteiger partial charge in [0, 0.05) is 56.1 Å². The molecule has 8 nitrogen and oxygen atoms in total. The second-order valence-electron chi connectivity index (χ2n) is 9.39. The number of likely N-dealkylation sites (tertiary alicyclic amines) is 1. The van der Waals surface area contributed by atoms with Gasteiger partial charge in [0.2, 0.25) is 0 Å². The monoisotopic (exact) mass is 522 g/mol. The number of aryl methyl sites for hydroxylation is 2. The largest absolute Gasteiger partial charge is 0.435 e. The summed E-state index contributed by atoms with van der Waals surface area (Å²) in [5.41, 5.74) is 2.31. The number of nitrogens with zero attached hydrogens (tertiary/aromatic N) is 5. The lowest BCUT2D eigenvalue weighted by molar-refractivity contribution is -0.141. The van der Waals surface area contributed by atoms with Crippen molar-refractivity contribution in [3.63, 3.8) is 0 Å². The predicted molar refractivity (Wildman–Crippen MR) is 133 cm³/mol. The van der Waals surface area contributed by atoms with Crippen molar-refractivity contribution < 1.29 is 22.8 Å². The number of hydrogen-bond donors (Lipinski definition) is 1. The van der Waals surface area contributed by atoms with E-state index in [0.717, 1.165) is 27.4 Å². The van der Waals surface area contributed by atoms with Crippen molar-refractivity contribution in [1.29, 1.82) is 0 Å². The fraction of sp³-hybridized carbons (Fsp3) is 0.296. The summed E-state index contributed by atoms with van der Waals surface area (Å²) in [6.07, 6.45) is -1.04. The molecule has 38 heavy (non-hydrogen) atoms. The van der Waals surface area contributed by atoms with Crippen LogP contribution in [0.5, 0.6) is 0 Å². The number of carbonyl (C=O) groups excluding carboxylic acids is 2. The number of rotatable bonds is 4. The highest BCUT2D eigenvalue weighted by molar-refractivity contribution is 5.98. The van der Waals surface area contributed by atoms with Crippen LogP contribution >= 0.6 is 0 Å². The first-order valence-corrected chi connectivity index (χ1v) is 12.1. The molecule has 1 fully saturated rings. The Hall–Kier alpha value is -4.28. The van der Waals surface area contributed by atoms with Gasteiger partial charge in [-0.1, -0.05) is 30.3 Å². The van der Waals surface area contributed by atoms with Crippen molar-refractivity contribution in [2.75, 3.05) is 13.1 Å². The molecule has 11 heteroatoms. The van der Waals surface area contributed by atoms with Gasteiger partial charge in [-0.2, -0.15) is 18.3 Å². The molecule has 2 aromatic heterocycles. The van der Waals surface area contributed by atoms with Gasteiger partial charge in [0.1, 0.15) is 5.69 Å². The lowest BCUT2D eigenvalue weighted by Crippen LogP contribution is -2.51. The van der Waals surface area contributed by atoms with Crippen molar-refractivity contribution in [3.05, 3.63) is 89.0 Å². The molecule has 0 radical (unpaired) electrons. The number of benzene rings is 2. The molecule has 3 heterocycles. The summed E-state index contributed by atoms with van der Waals surface area (Å²) in [4.78, 5) is 37.0. The maximum absolute atomic E-state index is 13.5. The van der Waals surface area contributed by atoms with Gasteiger partial charge in [0.15, 0.2) is 5.69 Å². The molecule has 5 rings (SSSR count). The molecule has 0 aliphatic carbocycles. The Bertz CT molecular complexity index is 1500. The van der Waals surface area contributed by atoms with Crippen LogP contribution in [0.2, 0.25) is 0 Å². The van der Waals surface area contributed by atoms with Crippen molar-refractivity contribution in [1.82, 2.24) is 30.0 Å². The second kappa shape index (κ2) is 9.88. The zero-order chi connectivity index (χ0) is 27.0. The molecular formula is C27H25F3N6O2. The third-order valence-corrected chi connectivity index (χ3v) is 6.86. The number of aromatic nitrogens is 4. The molecule has 1 saturated heterocycles. The molecule has 1 N–H and O–H groups in total. The Balaban J connectivity index is 1.39. The lowest BCUT2D eigenvalue weighted by atomic mass is 9.85. The average Bonchev–Trinajstić information content (AvgIpc) is 3.31. The fourth-order valence-corrected chi connectivity index (χ4v) is 4.96. The first kappa shape index (κ1) is 25.4. The van der Waals surface area contributed by atoms with E-state index in [2.05, 4.69) is 20.4 Å². The van der Waals surface area contributed by atoms with Gasteiger partial charge in [-0.25, -0.2) is 0 Å². The van der Waals surface area contributed by atoms with Gasteiger partial charge in [-0.15, -0.1) is 0 Å². The van der Waals surface area contributed by atoms with E-state index in [0.29, 0.717) is 30.6 Å². The molecule has 1 aliphatic rings. The van der Waals surface area contributed by atoms with Crippen LogP contribution < -0.4 is 5.32 Å². The van der Waals surface area contributed by atoms with E-state index in [-0.39, 0.29) is 17.5 Å². The van der Waals surface area contributed by atoms with Crippen LogP contribution in [0.15, 0.2) is 60.9 Å². The van der Waals surface area contributed by atoms with Gasteiger partial charge in [0.25, 0.3) is 11.8 Å². The molecule has 4 aromatic rings. The van der Waals surface area contributed by atoms with Crippen molar-refractivity contribution in [2.45, 2.75) is 31.5 Å². The highest BCUT2D eigenvalue weighted by Crippen LogP contribution is 2.31. The molecule has 0 spiro atoms. The lowest BCUT2D eigenvalue weighted by Gasteiger charge is -2.39. The summed E-state index contributed by atoms with van der Waals surface area (Å²) in [7, 11) is 1.30. The van der Waals surface area contributed by atoms with Gasteiger partial charge >= 0.3 is 6.18 Å². The smallest absolute Gasteiger partial charge is 0.347 e. The van der Waals surface area contributed by atoms with Crippen LogP contribution in [0.3, 0.4) is 0 Å². The SMILES string of the molecule is Cc1cc(C(=O)N2CC[C@@H](NC(=O)c3cc(C(F)(F)F)nn3C)[C@@H](c3ccccc3)C2)cc2nccnc12. The highest BCUT2D eigenvalue weighted by atomic mass is 19.4. The van der Waals surface area contributed by atoms with Gasteiger partial charge in [-0.3, -0.25) is 24.2 Å². The van der Waals surface area contributed by atoms with Crippen LogP contribution in [-0.4, -0.2) is 55.6 Å². The first-order chi connectivity index (χ1) is 18.1. The Morgan fingerprint density at radius 3 is 2.50 bits per heavy atom. The quantitative estimate of drug-likeness (QED) is 0.435. The Kier molecular flexibility index (Phi) is 6.60. The summed E-state index contributed by atoms with van der Waals surface area (Å²) >= 11 is 0. The van der Waals surface area contributed by atoms with Crippen LogP contribution in [0.25, 0.3) is 11.0 Å². The molecule has 2 aromatic carbocycles. The Labute approximate surface area is 216 Å². The standard InChI is InChI=1S/C27H25F3N6O2/c1-16-12-18(13-21-24(16)32-10-9-31-21)26(38)36-11-8-20(19(15-36)17-6-4-3-5-7-17)33-25(37)22-14-23(27(28,29)30)34-35(22)2/h3-7,9-10,12-14,19-20H,8,11,15H2,1-2H3,(H,33,37)/t19-,20-/m1/s1. The number of nitrogens with one attached hydrogen (secondary N) is 1. The molecule has 1 aliphatic heterocycles. The molecule has 0 bridgehead atoms. The van der Waals surface area contributed by atoms with Crippen LogP contribution in [0.1, 0.15) is 50.0 Å². The number of amides is 2. The maximum atomic E-state index is 13.5. The predicted octanol–water partition coefficient (Wildman–Crippen LogP) is 4.12. The Morgan fingerprint density at radius 1 is 1.05 bits per heavy atom. The molecule has 0 saturated carbocycles. The van der Waals surface area contributed by atoms with E-state index in [9.17, 15) is 22.8 Å². The molecule has 2 atom stereocenters. The maximum Gasteiger partial charge on any atom is 0.435 e. The van der Waals surface area contributed by atoms with E-state index >= 15 is 0 Å². The number of hydrogen-bond acceptors (Lipinski definition) is 5. The topological polar surface area (TPSA) is 93.0 Å². The van der Waals surface area contributed by atoms with Crippen LogP contribution in [0.4, 0.5) is 13.2 Å². The molecule has 196 valence electrons. The normalized spacial score (nSPS) is 18.0. The van der Waals surface area contributed by atoms with E-state index in [1.807, 2.05) is 37.3 Å². The van der Waals surface area contributed by atoms with E-state index in [4.69, 9.17) is 0 Å². The van der Waals surface area contributed by atoms with Gasteiger partial charge < -0.3 is 10.2 Å². The van der Waals surface area contributed by atoms with Crippen LogP contribution in [-0.2, 0) is 13.2 Å². The minimum absolute atomic E-state index is 0.159. The summed E-state index contributed by atoms with van der Waals surface area (Å²) in [5, 5.41) is 6.34. The highest BCUT2D eigenvalue weighted by Gasteiger charge is 2.37. The van der Waals surface area contributed by atoms with E-state index in [1.165, 1.54) is 7.05 Å². The van der Waals surface area contributed by atoms with E-state index in [1.54, 1.807) is 29.4 Å². The van der Waals surface area contributed by atoms with Crippen LogP contribution in [0, 0.1) is 6.92 Å². The van der Waals surface area contributed by atoms with Gasteiger partial charge in [0.05, 0.1) is 11.0 Å². The second-order valence-corrected chi connectivity index (χ2v) is 9.39. The number of carbonyl (C=O) groups is 2. The third kappa shape index (κ3) is 4.96. The third-order valence-electron chi connectivity index (χ3n) is 6.86. The number of alkyl halides is 3. The van der Waals surface area contributed by atoms with E-state index < -0.39 is 23.8 Å². The first-order valence-electron chi connectivity index (χ1n) is 12.1. The summed E-state index contributed by atoms with van der Waals surface area (Å²) < 4.78 is 40.2. The zero-order valence-corrected chi connectivity index (χ0v) is 20.7.